The second kappa shape index (κ2) is 6.61. The van der Waals surface area contributed by atoms with Crippen LogP contribution < -0.4 is 10.6 Å². The lowest BCUT2D eigenvalue weighted by molar-refractivity contribution is -0.125. The molecule has 2 aliphatic carbocycles. The third-order valence-corrected chi connectivity index (χ3v) is 4.99. The van der Waals surface area contributed by atoms with Crippen LogP contribution in [0.5, 0.6) is 0 Å². The van der Waals surface area contributed by atoms with Crippen LogP contribution in [0, 0.1) is 5.92 Å². The molecule has 0 heterocycles. The van der Waals surface area contributed by atoms with Crippen molar-refractivity contribution in [2.24, 2.45) is 5.92 Å². The van der Waals surface area contributed by atoms with E-state index < -0.39 is 0 Å². The molecule has 2 aliphatic rings. The van der Waals surface area contributed by atoms with E-state index in [4.69, 9.17) is 0 Å². The Morgan fingerprint density at radius 1 is 1.05 bits per heavy atom. The minimum absolute atomic E-state index is 0.147. The molecule has 0 aromatic heterocycles. The molecule has 0 bridgehead atoms. The van der Waals surface area contributed by atoms with E-state index >= 15 is 0 Å². The summed E-state index contributed by atoms with van der Waals surface area (Å²) in [7, 11) is 0. The standard InChI is InChI=1S/C18H26N2O/c1-2-19-16-7-9-17(10-8-16)20-18(21)15-11-13-5-3-4-6-14(13)12-15/h3-6,15-17,19H,2,7-12H2,1H3,(H,20,21). The summed E-state index contributed by atoms with van der Waals surface area (Å²) < 4.78 is 0. The van der Waals surface area contributed by atoms with Gasteiger partial charge in [-0.05, 0) is 56.2 Å². The number of amides is 1. The Balaban J connectivity index is 1.48. The van der Waals surface area contributed by atoms with Gasteiger partial charge < -0.3 is 10.6 Å². The van der Waals surface area contributed by atoms with Gasteiger partial charge in [0.15, 0.2) is 0 Å². The summed E-state index contributed by atoms with van der Waals surface area (Å²) in [6.45, 7) is 3.20. The van der Waals surface area contributed by atoms with Crippen molar-refractivity contribution < 1.29 is 4.79 Å². The van der Waals surface area contributed by atoms with Gasteiger partial charge in [-0.3, -0.25) is 4.79 Å². The number of benzene rings is 1. The molecule has 1 fully saturated rings. The van der Waals surface area contributed by atoms with E-state index in [9.17, 15) is 4.79 Å². The molecule has 0 aliphatic heterocycles. The van der Waals surface area contributed by atoms with Crippen molar-refractivity contribution in [3.63, 3.8) is 0 Å². The highest BCUT2D eigenvalue weighted by molar-refractivity contribution is 5.80. The minimum Gasteiger partial charge on any atom is -0.353 e. The first-order valence-electron chi connectivity index (χ1n) is 8.36. The van der Waals surface area contributed by atoms with Crippen molar-refractivity contribution in [3.05, 3.63) is 35.4 Å². The molecular formula is C18H26N2O. The predicted octanol–water partition coefficient (Wildman–Crippen LogP) is 2.44. The van der Waals surface area contributed by atoms with Crippen LogP contribution >= 0.6 is 0 Å². The third-order valence-electron chi connectivity index (χ3n) is 4.99. The quantitative estimate of drug-likeness (QED) is 0.892. The predicted molar refractivity (Wildman–Crippen MR) is 85.2 cm³/mol. The second-order valence-electron chi connectivity index (χ2n) is 6.49. The van der Waals surface area contributed by atoms with Crippen LogP contribution in [0.2, 0.25) is 0 Å². The van der Waals surface area contributed by atoms with Gasteiger partial charge >= 0.3 is 0 Å². The smallest absolute Gasteiger partial charge is 0.223 e. The van der Waals surface area contributed by atoms with E-state index in [1.54, 1.807) is 0 Å². The maximum absolute atomic E-state index is 12.5. The monoisotopic (exact) mass is 286 g/mol. The van der Waals surface area contributed by atoms with Gasteiger partial charge in [-0.2, -0.15) is 0 Å². The van der Waals surface area contributed by atoms with E-state index in [1.807, 2.05) is 0 Å². The lowest BCUT2D eigenvalue weighted by Gasteiger charge is -2.30. The molecule has 114 valence electrons. The fourth-order valence-electron chi connectivity index (χ4n) is 3.79. The molecule has 1 aromatic rings. The van der Waals surface area contributed by atoms with Gasteiger partial charge in [-0.25, -0.2) is 0 Å². The summed E-state index contributed by atoms with van der Waals surface area (Å²) in [4.78, 5) is 12.5. The molecule has 0 atom stereocenters. The van der Waals surface area contributed by atoms with Gasteiger partial charge in [0.05, 0.1) is 0 Å². The molecule has 0 unspecified atom stereocenters. The topological polar surface area (TPSA) is 41.1 Å². The zero-order valence-corrected chi connectivity index (χ0v) is 12.9. The van der Waals surface area contributed by atoms with E-state index in [0.717, 1.165) is 32.2 Å². The fraction of sp³-hybridized carbons (Fsp3) is 0.611. The van der Waals surface area contributed by atoms with Crippen molar-refractivity contribution in [2.45, 2.75) is 57.5 Å². The van der Waals surface area contributed by atoms with Crippen LogP contribution in [-0.2, 0) is 17.6 Å². The first-order valence-corrected chi connectivity index (χ1v) is 8.36. The van der Waals surface area contributed by atoms with Crippen LogP contribution in [0.25, 0.3) is 0 Å². The number of fused-ring (bicyclic) bond motifs is 1. The maximum atomic E-state index is 12.5. The summed E-state index contributed by atoms with van der Waals surface area (Å²) in [6.07, 6.45) is 6.42. The van der Waals surface area contributed by atoms with Crippen molar-refractivity contribution >= 4 is 5.91 Å². The Kier molecular flexibility index (Phi) is 4.59. The van der Waals surface area contributed by atoms with Gasteiger partial charge in [0.25, 0.3) is 0 Å². The van der Waals surface area contributed by atoms with Gasteiger partial charge in [-0.15, -0.1) is 0 Å². The summed E-state index contributed by atoms with van der Waals surface area (Å²) in [6, 6.07) is 9.49. The first kappa shape index (κ1) is 14.6. The Hall–Kier alpha value is -1.35. The number of hydrogen-bond acceptors (Lipinski definition) is 2. The molecule has 0 spiro atoms. The molecule has 21 heavy (non-hydrogen) atoms. The summed E-state index contributed by atoms with van der Waals surface area (Å²) in [5, 5.41) is 6.80. The average Bonchev–Trinajstić information content (AvgIpc) is 2.94. The molecule has 1 amide bonds. The highest BCUT2D eigenvalue weighted by Crippen LogP contribution is 2.27. The van der Waals surface area contributed by atoms with E-state index in [2.05, 4.69) is 41.8 Å². The number of nitrogens with one attached hydrogen (secondary N) is 2. The Bertz CT molecular complexity index is 467. The second-order valence-corrected chi connectivity index (χ2v) is 6.49. The van der Waals surface area contributed by atoms with Gasteiger partial charge in [0.2, 0.25) is 5.91 Å². The summed E-state index contributed by atoms with van der Waals surface area (Å²) >= 11 is 0. The number of rotatable bonds is 4. The lowest BCUT2D eigenvalue weighted by Crippen LogP contribution is -2.44. The molecular weight excluding hydrogens is 260 g/mol. The van der Waals surface area contributed by atoms with Gasteiger partial charge in [0.1, 0.15) is 0 Å². The van der Waals surface area contributed by atoms with Crippen molar-refractivity contribution in [1.29, 1.82) is 0 Å². The number of carbonyl (C=O) groups excluding carboxylic acids is 1. The van der Waals surface area contributed by atoms with E-state index in [1.165, 1.54) is 24.0 Å². The van der Waals surface area contributed by atoms with Crippen LogP contribution in [0.3, 0.4) is 0 Å². The molecule has 2 N–H and O–H groups in total. The average molecular weight is 286 g/mol. The highest BCUT2D eigenvalue weighted by Gasteiger charge is 2.29. The molecule has 1 aromatic carbocycles. The van der Waals surface area contributed by atoms with Crippen LogP contribution in [0.1, 0.15) is 43.7 Å². The zero-order valence-electron chi connectivity index (χ0n) is 12.9. The number of hydrogen-bond donors (Lipinski definition) is 2. The SMILES string of the molecule is CCNC1CCC(NC(=O)C2Cc3ccccc3C2)CC1. The molecule has 3 rings (SSSR count). The van der Waals surface area contributed by atoms with E-state index in [0.29, 0.717) is 12.1 Å². The third kappa shape index (κ3) is 3.46. The molecule has 0 saturated heterocycles. The summed E-state index contributed by atoms with van der Waals surface area (Å²) in [5.41, 5.74) is 2.71. The largest absolute Gasteiger partial charge is 0.353 e. The van der Waals surface area contributed by atoms with Gasteiger partial charge in [-0.1, -0.05) is 31.2 Å². The molecule has 1 saturated carbocycles. The van der Waals surface area contributed by atoms with Crippen molar-refractivity contribution in [2.75, 3.05) is 6.54 Å². The normalized spacial score (nSPS) is 25.6. The van der Waals surface area contributed by atoms with Crippen LogP contribution in [0.15, 0.2) is 24.3 Å². The van der Waals surface area contributed by atoms with Crippen molar-refractivity contribution in [1.82, 2.24) is 10.6 Å². The van der Waals surface area contributed by atoms with Crippen LogP contribution in [0.4, 0.5) is 0 Å². The Morgan fingerprint density at radius 3 is 2.19 bits per heavy atom. The zero-order chi connectivity index (χ0) is 14.7. The summed E-state index contributed by atoms with van der Waals surface area (Å²) in [5.74, 6) is 0.409. The Labute approximate surface area is 127 Å². The molecule has 3 heteroatoms. The maximum Gasteiger partial charge on any atom is 0.223 e. The molecule has 0 radical (unpaired) electrons. The van der Waals surface area contributed by atoms with Crippen molar-refractivity contribution in [3.8, 4) is 0 Å². The highest BCUT2D eigenvalue weighted by atomic mass is 16.1. The fourth-order valence-corrected chi connectivity index (χ4v) is 3.79. The minimum atomic E-state index is 0.147. The van der Waals surface area contributed by atoms with Gasteiger partial charge in [0, 0.05) is 18.0 Å². The lowest BCUT2D eigenvalue weighted by atomic mass is 9.90. The Morgan fingerprint density at radius 2 is 1.62 bits per heavy atom. The first-order chi connectivity index (χ1) is 10.3. The number of carbonyl (C=O) groups is 1. The van der Waals surface area contributed by atoms with Crippen LogP contribution in [-0.4, -0.2) is 24.5 Å². The van der Waals surface area contributed by atoms with E-state index in [-0.39, 0.29) is 11.8 Å². The molecule has 3 nitrogen and oxygen atoms in total.